The van der Waals surface area contributed by atoms with Gasteiger partial charge in [-0.2, -0.15) is 4.31 Å². The van der Waals surface area contributed by atoms with Crippen LogP contribution >= 0.6 is 0 Å². The normalized spacial score (nSPS) is 19.0. The molecule has 0 unspecified atom stereocenters. The van der Waals surface area contributed by atoms with Crippen LogP contribution in [-0.2, 0) is 17.1 Å². The lowest BCUT2D eigenvalue weighted by atomic mass is 9.89. The summed E-state index contributed by atoms with van der Waals surface area (Å²) in [5, 5.41) is 1.15. The van der Waals surface area contributed by atoms with Crippen molar-refractivity contribution >= 4 is 27.0 Å². The molecular formula is C23H29N5O3S. The second-order valence-corrected chi connectivity index (χ2v) is 10.8. The number of aryl methyl sites for hydroxylation is 1. The molecule has 2 saturated heterocycles. The van der Waals surface area contributed by atoms with E-state index in [2.05, 4.69) is 16.0 Å². The number of carbonyl (C=O) groups excluding carboxylic acids is 1. The lowest BCUT2D eigenvalue weighted by Gasteiger charge is -2.32. The molecule has 5 rings (SSSR count). The Hall–Kier alpha value is -2.65. The molecule has 1 N–H and O–H groups in total. The van der Waals surface area contributed by atoms with Crippen LogP contribution in [0.25, 0.3) is 11.0 Å². The Bertz CT molecular complexity index is 1230. The fourth-order valence-corrected chi connectivity index (χ4v) is 6.60. The highest BCUT2D eigenvalue weighted by atomic mass is 32.2. The highest BCUT2D eigenvalue weighted by Crippen LogP contribution is 2.33. The predicted molar refractivity (Wildman–Crippen MR) is 122 cm³/mol. The molecule has 9 heteroatoms. The summed E-state index contributed by atoms with van der Waals surface area (Å²) in [6, 6.07) is 5.58. The average Bonchev–Trinajstić information content (AvgIpc) is 3.43. The number of piperidine rings is 2. The van der Waals surface area contributed by atoms with E-state index in [4.69, 9.17) is 0 Å². The number of pyridine rings is 1. The summed E-state index contributed by atoms with van der Waals surface area (Å²) in [5.41, 5.74) is 2.58. The van der Waals surface area contributed by atoms with Crippen molar-refractivity contribution in [3.05, 3.63) is 48.0 Å². The number of amides is 1. The van der Waals surface area contributed by atoms with Gasteiger partial charge in [-0.05, 0) is 55.4 Å². The molecule has 0 aromatic carbocycles. The summed E-state index contributed by atoms with van der Waals surface area (Å²) < 4.78 is 29.2. The first-order chi connectivity index (χ1) is 15.4. The van der Waals surface area contributed by atoms with Crippen LogP contribution < -0.4 is 0 Å². The van der Waals surface area contributed by atoms with Crippen LogP contribution in [0.1, 0.15) is 54.1 Å². The van der Waals surface area contributed by atoms with E-state index in [1.54, 1.807) is 34.4 Å². The van der Waals surface area contributed by atoms with Crippen molar-refractivity contribution in [2.75, 3.05) is 26.2 Å². The third kappa shape index (κ3) is 3.73. The van der Waals surface area contributed by atoms with Crippen molar-refractivity contribution in [3.63, 3.8) is 0 Å². The van der Waals surface area contributed by atoms with Crippen molar-refractivity contribution in [2.24, 2.45) is 7.05 Å². The maximum absolute atomic E-state index is 13.2. The van der Waals surface area contributed by atoms with Gasteiger partial charge in [0.1, 0.15) is 16.2 Å². The predicted octanol–water partition coefficient (Wildman–Crippen LogP) is 3.10. The molecule has 0 saturated carbocycles. The molecule has 2 aliphatic rings. The minimum Gasteiger partial charge on any atom is -0.346 e. The van der Waals surface area contributed by atoms with Gasteiger partial charge in [0.15, 0.2) is 0 Å². The van der Waals surface area contributed by atoms with Crippen LogP contribution in [-0.4, -0.2) is 64.2 Å². The Morgan fingerprint density at radius 1 is 1.12 bits per heavy atom. The lowest BCUT2D eigenvalue weighted by Crippen LogP contribution is -2.38. The van der Waals surface area contributed by atoms with Gasteiger partial charge in [-0.15, -0.1) is 0 Å². The third-order valence-corrected chi connectivity index (χ3v) is 8.72. The molecule has 2 fully saturated rings. The fourth-order valence-electron chi connectivity index (χ4n) is 5.01. The maximum Gasteiger partial charge on any atom is 0.270 e. The van der Waals surface area contributed by atoms with Crippen molar-refractivity contribution in [2.45, 2.75) is 42.9 Å². The Labute approximate surface area is 188 Å². The molecule has 5 heterocycles. The number of H-pyrrole nitrogens is 1. The first-order valence-electron chi connectivity index (χ1n) is 11.3. The number of hydrogen-bond acceptors (Lipinski definition) is 4. The molecule has 0 aliphatic carbocycles. The summed E-state index contributed by atoms with van der Waals surface area (Å²) in [7, 11) is -1.81. The Balaban J connectivity index is 1.29. The number of carbonyl (C=O) groups is 1. The Morgan fingerprint density at radius 3 is 2.62 bits per heavy atom. The highest BCUT2D eigenvalue weighted by molar-refractivity contribution is 7.89. The number of likely N-dealkylation sites (tertiary alicyclic amines) is 1. The number of hydrogen-bond donors (Lipinski definition) is 1. The van der Waals surface area contributed by atoms with Gasteiger partial charge in [0.05, 0.1) is 0 Å². The molecule has 3 aromatic rings. The smallest absolute Gasteiger partial charge is 0.270 e. The number of aromatic amines is 1. The first-order valence-corrected chi connectivity index (χ1v) is 12.8. The van der Waals surface area contributed by atoms with Crippen LogP contribution in [0.2, 0.25) is 0 Å². The summed E-state index contributed by atoms with van der Waals surface area (Å²) in [6.45, 7) is 2.40. The van der Waals surface area contributed by atoms with Gasteiger partial charge in [-0.1, -0.05) is 6.42 Å². The quantitative estimate of drug-likeness (QED) is 0.654. The van der Waals surface area contributed by atoms with Crippen LogP contribution in [0.5, 0.6) is 0 Å². The molecule has 32 heavy (non-hydrogen) atoms. The van der Waals surface area contributed by atoms with Gasteiger partial charge in [0.2, 0.25) is 10.0 Å². The van der Waals surface area contributed by atoms with Crippen molar-refractivity contribution in [1.82, 2.24) is 23.7 Å². The summed E-state index contributed by atoms with van der Waals surface area (Å²) in [5.74, 6) is 0.270. The summed E-state index contributed by atoms with van der Waals surface area (Å²) in [4.78, 5) is 22.9. The van der Waals surface area contributed by atoms with E-state index in [0.717, 1.165) is 43.1 Å². The van der Waals surface area contributed by atoms with Gasteiger partial charge in [-0.25, -0.2) is 13.4 Å². The minimum atomic E-state index is -3.55. The topological polar surface area (TPSA) is 91.3 Å². The molecule has 3 aromatic heterocycles. The summed E-state index contributed by atoms with van der Waals surface area (Å²) >= 11 is 0. The fraction of sp³-hybridized carbons (Fsp3) is 0.478. The van der Waals surface area contributed by atoms with Gasteiger partial charge in [0, 0.05) is 57.2 Å². The van der Waals surface area contributed by atoms with Crippen LogP contribution in [0.4, 0.5) is 0 Å². The van der Waals surface area contributed by atoms with E-state index >= 15 is 0 Å². The van der Waals surface area contributed by atoms with Crippen LogP contribution in [0.3, 0.4) is 0 Å². The van der Waals surface area contributed by atoms with Gasteiger partial charge in [0.25, 0.3) is 5.91 Å². The van der Waals surface area contributed by atoms with Crippen LogP contribution in [0.15, 0.2) is 41.7 Å². The maximum atomic E-state index is 13.2. The zero-order valence-electron chi connectivity index (χ0n) is 18.3. The van der Waals surface area contributed by atoms with E-state index in [1.807, 2.05) is 17.2 Å². The number of rotatable bonds is 4. The molecule has 0 bridgehead atoms. The first kappa shape index (κ1) is 21.2. The number of nitrogens with zero attached hydrogens (tertiary/aromatic N) is 4. The third-order valence-electron chi connectivity index (χ3n) is 6.86. The van der Waals surface area contributed by atoms with Crippen molar-refractivity contribution in [3.8, 4) is 0 Å². The van der Waals surface area contributed by atoms with Gasteiger partial charge in [-0.3, -0.25) is 4.79 Å². The second-order valence-electron chi connectivity index (χ2n) is 8.85. The number of aromatic nitrogens is 3. The van der Waals surface area contributed by atoms with Crippen molar-refractivity contribution < 1.29 is 13.2 Å². The molecular weight excluding hydrogens is 426 g/mol. The van der Waals surface area contributed by atoms with E-state index in [1.165, 1.54) is 5.56 Å². The monoisotopic (exact) mass is 455 g/mol. The standard InChI is InChI=1S/C23H29N5O3S/c1-26-16-18(32(30,31)28-10-3-2-4-11-28)14-21(26)23(29)27-12-7-17(8-13-27)20-15-25-22-19(20)6-5-9-24-22/h5-6,9,14-17H,2-4,7-8,10-13H2,1H3,(H,24,25). The molecule has 1 amide bonds. The Kier molecular flexibility index (Phi) is 5.54. The van der Waals surface area contributed by atoms with E-state index in [9.17, 15) is 13.2 Å². The number of sulfonamides is 1. The minimum absolute atomic E-state index is 0.105. The lowest BCUT2D eigenvalue weighted by molar-refractivity contribution is 0.0703. The zero-order valence-corrected chi connectivity index (χ0v) is 19.1. The molecule has 8 nitrogen and oxygen atoms in total. The summed E-state index contributed by atoms with van der Waals surface area (Å²) in [6.07, 6.45) is 9.98. The average molecular weight is 456 g/mol. The van der Waals surface area contributed by atoms with E-state index in [0.29, 0.717) is 37.8 Å². The Morgan fingerprint density at radius 2 is 1.88 bits per heavy atom. The molecule has 2 aliphatic heterocycles. The molecule has 0 spiro atoms. The SMILES string of the molecule is Cn1cc(S(=O)(=O)N2CCCCC2)cc1C(=O)N1CCC(c2c[nH]c3ncccc23)CC1. The van der Waals surface area contributed by atoms with E-state index in [-0.39, 0.29) is 10.8 Å². The van der Waals surface area contributed by atoms with Crippen molar-refractivity contribution in [1.29, 1.82) is 0 Å². The molecule has 0 atom stereocenters. The molecule has 0 radical (unpaired) electrons. The number of nitrogens with one attached hydrogen (secondary N) is 1. The van der Waals surface area contributed by atoms with Gasteiger partial charge >= 0.3 is 0 Å². The van der Waals surface area contributed by atoms with Gasteiger partial charge < -0.3 is 14.5 Å². The number of fused-ring (bicyclic) bond motifs is 1. The highest BCUT2D eigenvalue weighted by Gasteiger charge is 2.31. The van der Waals surface area contributed by atoms with E-state index < -0.39 is 10.0 Å². The largest absolute Gasteiger partial charge is 0.346 e. The second kappa shape index (κ2) is 8.37. The van der Waals surface area contributed by atoms with Crippen LogP contribution in [0, 0.1) is 0 Å². The molecule has 170 valence electrons. The zero-order chi connectivity index (χ0) is 22.3.